The lowest BCUT2D eigenvalue weighted by atomic mass is 10.3. The predicted octanol–water partition coefficient (Wildman–Crippen LogP) is 2.58. The van der Waals surface area contributed by atoms with Crippen LogP contribution in [0.5, 0.6) is 0 Å². The van der Waals surface area contributed by atoms with Crippen molar-refractivity contribution in [3.8, 4) is 0 Å². The van der Waals surface area contributed by atoms with E-state index in [1.54, 1.807) is 6.20 Å². The number of aromatic nitrogens is 2. The normalized spacial score (nSPS) is 10.5. The van der Waals surface area contributed by atoms with Crippen molar-refractivity contribution < 1.29 is 4.74 Å². The molecule has 0 aliphatic heterocycles. The topological polar surface area (TPSA) is 27.1 Å². The first kappa shape index (κ1) is 9.77. The molecule has 2 heterocycles. The first-order valence-corrected chi connectivity index (χ1v) is 4.96. The summed E-state index contributed by atoms with van der Waals surface area (Å²) in [5.41, 5.74) is 3.04. The van der Waals surface area contributed by atoms with Gasteiger partial charge in [0, 0.05) is 13.2 Å². The van der Waals surface area contributed by atoms with Crippen LogP contribution in [-0.4, -0.2) is 16.2 Å². The van der Waals surface area contributed by atoms with Crippen LogP contribution in [0.1, 0.15) is 12.6 Å². The SMILES string of the molecule is C=C(OCC)c1cc2ncccc2n1C. The smallest absolute Gasteiger partial charge is 0.135 e. The Kier molecular flexibility index (Phi) is 2.46. The van der Waals surface area contributed by atoms with Gasteiger partial charge >= 0.3 is 0 Å². The van der Waals surface area contributed by atoms with Gasteiger partial charge in [-0.1, -0.05) is 6.58 Å². The lowest BCUT2D eigenvalue weighted by Gasteiger charge is -2.07. The third-order valence-electron chi connectivity index (χ3n) is 2.42. The molecule has 0 saturated heterocycles. The molecule has 2 aromatic rings. The van der Waals surface area contributed by atoms with Gasteiger partial charge in [0.25, 0.3) is 0 Å². The Morgan fingerprint density at radius 1 is 1.60 bits per heavy atom. The number of hydrogen-bond donors (Lipinski definition) is 0. The molecule has 3 nitrogen and oxygen atoms in total. The van der Waals surface area contributed by atoms with Gasteiger partial charge in [-0.05, 0) is 25.1 Å². The number of pyridine rings is 1. The van der Waals surface area contributed by atoms with Crippen molar-refractivity contribution in [2.75, 3.05) is 6.61 Å². The van der Waals surface area contributed by atoms with Crippen LogP contribution in [0, 0.1) is 0 Å². The van der Waals surface area contributed by atoms with Crippen molar-refractivity contribution in [1.82, 2.24) is 9.55 Å². The van der Waals surface area contributed by atoms with Crippen molar-refractivity contribution in [1.29, 1.82) is 0 Å². The minimum Gasteiger partial charge on any atom is -0.492 e. The first-order chi connectivity index (χ1) is 7.24. The first-order valence-electron chi connectivity index (χ1n) is 4.96. The molecule has 0 atom stereocenters. The molecule has 0 N–H and O–H groups in total. The minimum absolute atomic E-state index is 0.633. The summed E-state index contributed by atoms with van der Waals surface area (Å²) in [7, 11) is 1.99. The fraction of sp³-hybridized carbons (Fsp3) is 0.250. The van der Waals surface area contributed by atoms with E-state index >= 15 is 0 Å². The van der Waals surface area contributed by atoms with Crippen LogP contribution < -0.4 is 0 Å². The molecule has 0 saturated carbocycles. The van der Waals surface area contributed by atoms with E-state index in [9.17, 15) is 0 Å². The number of hydrogen-bond acceptors (Lipinski definition) is 2. The summed E-state index contributed by atoms with van der Waals surface area (Å²) in [6, 6.07) is 5.95. The Bertz CT molecular complexity index is 499. The Labute approximate surface area is 89.0 Å². The van der Waals surface area contributed by atoms with E-state index in [1.165, 1.54) is 0 Å². The summed E-state index contributed by atoms with van der Waals surface area (Å²) < 4.78 is 7.44. The van der Waals surface area contributed by atoms with Crippen LogP contribution in [0.4, 0.5) is 0 Å². The monoisotopic (exact) mass is 202 g/mol. The van der Waals surface area contributed by atoms with E-state index in [0.29, 0.717) is 12.4 Å². The van der Waals surface area contributed by atoms with E-state index in [0.717, 1.165) is 16.7 Å². The highest BCUT2D eigenvalue weighted by Gasteiger charge is 2.09. The molecule has 2 aromatic heterocycles. The second-order valence-corrected chi connectivity index (χ2v) is 3.35. The molecule has 78 valence electrons. The predicted molar refractivity (Wildman–Crippen MR) is 61.4 cm³/mol. The van der Waals surface area contributed by atoms with Crippen LogP contribution >= 0.6 is 0 Å². The van der Waals surface area contributed by atoms with Gasteiger partial charge in [0.2, 0.25) is 0 Å². The van der Waals surface area contributed by atoms with Gasteiger partial charge in [0.05, 0.1) is 23.3 Å². The summed E-state index contributed by atoms with van der Waals surface area (Å²) in [6.07, 6.45) is 1.79. The molecule has 0 aliphatic carbocycles. The fourth-order valence-corrected chi connectivity index (χ4v) is 1.68. The third-order valence-corrected chi connectivity index (χ3v) is 2.42. The van der Waals surface area contributed by atoms with E-state index in [4.69, 9.17) is 4.74 Å². The molecule has 2 rings (SSSR count). The highest BCUT2D eigenvalue weighted by Crippen LogP contribution is 2.21. The van der Waals surface area contributed by atoms with Crippen molar-refractivity contribution >= 4 is 16.8 Å². The standard InChI is InChI=1S/C12H14N2O/c1-4-15-9(2)12-8-10-11(14(12)3)6-5-7-13-10/h5-8H,2,4H2,1,3H3. The zero-order valence-corrected chi connectivity index (χ0v) is 9.03. The number of fused-ring (bicyclic) bond motifs is 1. The highest BCUT2D eigenvalue weighted by molar-refractivity contribution is 5.80. The number of nitrogens with zero attached hydrogens (tertiary/aromatic N) is 2. The number of aryl methyl sites for hydroxylation is 1. The van der Waals surface area contributed by atoms with Gasteiger partial charge in [-0.25, -0.2) is 0 Å². The molecule has 0 spiro atoms. The molecule has 0 aliphatic rings. The van der Waals surface area contributed by atoms with Gasteiger partial charge < -0.3 is 9.30 Å². The van der Waals surface area contributed by atoms with Crippen molar-refractivity contribution in [3.05, 3.63) is 36.7 Å². The summed E-state index contributed by atoms with van der Waals surface area (Å²) in [5, 5.41) is 0. The minimum atomic E-state index is 0.633. The van der Waals surface area contributed by atoms with Gasteiger partial charge in [-0.15, -0.1) is 0 Å². The molecular weight excluding hydrogens is 188 g/mol. The van der Waals surface area contributed by atoms with E-state index in [2.05, 4.69) is 11.6 Å². The number of rotatable bonds is 3. The molecule has 15 heavy (non-hydrogen) atoms. The lowest BCUT2D eigenvalue weighted by Crippen LogP contribution is -1.97. The number of ether oxygens (including phenoxy) is 1. The largest absolute Gasteiger partial charge is 0.492 e. The molecule has 0 aromatic carbocycles. The Morgan fingerprint density at radius 3 is 3.07 bits per heavy atom. The van der Waals surface area contributed by atoms with Gasteiger partial charge in [0.1, 0.15) is 5.76 Å². The van der Waals surface area contributed by atoms with Crippen LogP contribution in [0.2, 0.25) is 0 Å². The van der Waals surface area contributed by atoms with Crippen LogP contribution in [0.15, 0.2) is 31.0 Å². The molecule has 0 unspecified atom stereocenters. The maximum atomic E-state index is 5.40. The zero-order valence-electron chi connectivity index (χ0n) is 9.03. The highest BCUT2D eigenvalue weighted by atomic mass is 16.5. The zero-order chi connectivity index (χ0) is 10.8. The van der Waals surface area contributed by atoms with Crippen molar-refractivity contribution in [3.63, 3.8) is 0 Å². The third kappa shape index (κ3) is 1.61. The second-order valence-electron chi connectivity index (χ2n) is 3.35. The molecule has 0 fully saturated rings. The maximum absolute atomic E-state index is 5.40. The van der Waals surface area contributed by atoms with E-state index in [-0.39, 0.29) is 0 Å². The van der Waals surface area contributed by atoms with Crippen LogP contribution in [0.3, 0.4) is 0 Å². The molecule has 0 amide bonds. The molecule has 3 heteroatoms. The van der Waals surface area contributed by atoms with Crippen LogP contribution in [-0.2, 0) is 11.8 Å². The fourth-order valence-electron chi connectivity index (χ4n) is 1.68. The maximum Gasteiger partial charge on any atom is 0.135 e. The average molecular weight is 202 g/mol. The summed E-state index contributed by atoms with van der Waals surface area (Å²) in [6.45, 7) is 6.48. The molecule has 0 bridgehead atoms. The van der Waals surface area contributed by atoms with E-state index < -0.39 is 0 Å². The van der Waals surface area contributed by atoms with Crippen molar-refractivity contribution in [2.45, 2.75) is 6.92 Å². The Balaban J connectivity index is 2.53. The average Bonchev–Trinajstić information content (AvgIpc) is 2.57. The van der Waals surface area contributed by atoms with Gasteiger partial charge in [0.15, 0.2) is 0 Å². The van der Waals surface area contributed by atoms with Crippen molar-refractivity contribution in [2.24, 2.45) is 7.05 Å². The van der Waals surface area contributed by atoms with Gasteiger partial charge in [-0.3, -0.25) is 4.98 Å². The van der Waals surface area contributed by atoms with Gasteiger partial charge in [-0.2, -0.15) is 0 Å². The summed E-state index contributed by atoms with van der Waals surface area (Å²) in [5.74, 6) is 0.693. The molecule has 0 radical (unpaired) electrons. The summed E-state index contributed by atoms with van der Waals surface area (Å²) in [4.78, 5) is 4.29. The second kappa shape index (κ2) is 3.77. The quantitative estimate of drug-likeness (QED) is 0.715. The lowest BCUT2D eigenvalue weighted by molar-refractivity contribution is 0.297. The Morgan fingerprint density at radius 2 is 2.40 bits per heavy atom. The van der Waals surface area contributed by atoms with E-state index in [1.807, 2.05) is 36.7 Å². The van der Waals surface area contributed by atoms with Crippen LogP contribution in [0.25, 0.3) is 16.8 Å². The Hall–Kier alpha value is -1.77. The molecular formula is C12H14N2O. The summed E-state index contributed by atoms with van der Waals surface area (Å²) >= 11 is 0.